The van der Waals surface area contributed by atoms with Crippen molar-refractivity contribution in [2.45, 2.75) is 6.92 Å². The van der Waals surface area contributed by atoms with Crippen LogP contribution in [0.1, 0.15) is 26.3 Å². The largest absolute Gasteiger partial charge is 0.366 e. The van der Waals surface area contributed by atoms with Gasteiger partial charge < -0.3 is 11.1 Å². The van der Waals surface area contributed by atoms with Gasteiger partial charge in [-0.05, 0) is 55.0 Å². The summed E-state index contributed by atoms with van der Waals surface area (Å²) in [4.78, 5) is 22.9. The van der Waals surface area contributed by atoms with E-state index in [-0.39, 0.29) is 11.7 Å². The minimum Gasteiger partial charge on any atom is -0.366 e. The molecule has 0 aliphatic heterocycles. The van der Waals surface area contributed by atoms with Crippen LogP contribution < -0.4 is 11.1 Å². The van der Waals surface area contributed by atoms with Crippen molar-refractivity contribution in [3.63, 3.8) is 0 Å². The van der Waals surface area contributed by atoms with Gasteiger partial charge in [-0.1, -0.05) is 0 Å². The quantitative estimate of drug-likeness (QED) is 0.901. The number of benzene rings is 2. The van der Waals surface area contributed by atoms with Gasteiger partial charge in [0.15, 0.2) is 0 Å². The van der Waals surface area contributed by atoms with Crippen LogP contribution in [0.15, 0.2) is 42.5 Å². The molecule has 5 heteroatoms. The predicted molar refractivity (Wildman–Crippen MR) is 74.1 cm³/mol. The summed E-state index contributed by atoms with van der Waals surface area (Å²) in [5, 5.41) is 2.66. The Morgan fingerprint density at radius 3 is 2.20 bits per heavy atom. The number of nitrogens with one attached hydrogen (secondary N) is 1. The van der Waals surface area contributed by atoms with Gasteiger partial charge in [-0.3, -0.25) is 9.59 Å². The first kappa shape index (κ1) is 13.7. The molecule has 0 heterocycles. The van der Waals surface area contributed by atoms with Gasteiger partial charge in [0.1, 0.15) is 5.82 Å². The van der Waals surface area contributed by atoms with E-state index in [1.54, 1.807) is 19.1 Å². The lowest BCUT2D eigenvalue weighted by Gasteiger charge is -2.06. The van der Waals surface area contributed by atoms with Crippen LogP contribution in [0.25, 0.3) is 0 Å². The molecule has 102 valence electrons. The standard InChI is InChI=1S/C15H13FN2O2/c1-9-8-11(4-7-13(9)16)15(20)18-12-5-2-10(3-6-12)14(17)19/h2-8H,1H3,(H2,17,19)(H,18,20). The molecule has 0 atom stereocenters. The fourth-order valence-corrected chi connectivity index (χ4v) is 1.71. The molecule has 0 radical (unpaired) electrons. The van der Waals surface area contributed by atoms with Crippen molar-refractivity contribution in [3.05, 3.63) is 65.0 Å². The molecular weight excluding hydrogens is 259 g/mol. The number of hydrogen-bond donors (Lipinski definition) is 2. The third kappa shape index (κ3) is 3.00. The normalized spacial score (nSPS) is 10.1. The van der Waals surface area contributed by atoms with Crippen LogP contribution in [0.2, 0.25) is 0 Å². The van der Waals surface area contributed by atoms with Gasteiger partial charge in [0.25, 0.3) is 5.91 Å². The monoisotopic (exact) mass is 272 g/mol. The third-order valence-electron chi connectivity index (χ3n) is 2.85. The Hall–Kier alpha value is -2.69. The number of amides is 2. The van der Waals surface area contributed by atoms with Crippen LogP contribution in [-0.2, 0) is 0 Å². The number of primary amides is 1. The van der Waals surface area contributed by atoms with E-state index < -0.39 is 5.91 Å². The first-order valence-corrected chi connectivity index (χ1v) is 5.95. The Morgan fingerprint density at radius 1 is 1.05 bits per heavy atom. The van der Waals surface area contributed by atoms with Gasteiger partial charge >= 0.3 is 0 Å². The van der Waals surface area contributed by atoms with Crippen molar-refractivity contribution in [2.75, 3.05) is 5.32 Å². The van der Waals surface area contributed by atoms with Crippen LogP contribution >= 0.6 is 0 Å². The van der Waals surface area contributed by atoms with Crippen molar-refractivity contribution >= 4 is 17.5 Å². The molecular formula is C15H13FN2O2. The smallest absolute Gasteiger partial charge is 0.255 e. The van der Waals surface area contributed by atoms with E-state index in [2.05, 4.69) is 5.32 Å². The highest BCUT2D eigenvalue weighted by Crippen LogP contribution is 2.13. The Bertz CT molecular complexity index is 666. The molecule has 2 rings (SSSR count). The number of anilines is 1. The van der Waals surface area contributed by atoms with Crippen LogP contribution in [0.4, 0.5) is 10.1 Å². The highest BCUT2D eigenvalue weighted by Gasteiger charge is 2.08. The Morgan fingerprint density at radius 2 is 1.65 bits per heavy atom. The molecule has 0 unspecified atom stereocenters. The Labute approximate surface area is 115 Å². The Balaban J connectivity index is 2.14. The summed E-state index contributed by atoms with van der Waals surface area (Å²) >= 11 is 0. The molecule has 0 spiro atoms. The molecule has 0 aliphatic rings. The molecule has 2 aromatic rings. The number of halogens is 1. The van der Waals surface area contributed by atoms with Crippen molar-refractivity contribution < 1.29 is 14.0 Å². The molecule has 0 saturated heterocycles. The second kappa shape index (κ2) is 5.52. The summed E-state index contributed by atoms with van der Waals surface area (Å²) < 4.78 is 13.1. The zero-order chi connectivity index (χ0) is 14.7. The van der Waals surface area contributed by atoms with E-state index in [0.29, 0.717) is 22.4 Å². The van der Waals surface area contributed by atoms with Crippen molar-refractivity contribution in [2.24, 2.45) is 5.73 Å². The minimum atomic E-state index is -0.531. The number of aryl methyl sites for hydroxylation is 1. The lowest BCUT2D eigenvalue weighted by molar-refractivity contribution is 0.0998. The van der Waals surface area contributed by atoms with Gasteiger partial charge in [-0.2, -0.15) is 0 Å². The number of nitrogens with two attached hydrogens (primary N) is 1. The molecule has 0 aromatic heterocycles. The second-order valence-corrected chi connectivity index (χ2v) is 4.36. The lowest BCUT2D eigenvalue weighted by atomic mass is 10.1. The van der Waals surface area contributed by atoms with Crippen LogP contribution in [0.3, 0.4) is 0 Å². The summed E-state index contributed by atoms with van der Waals surface area (Å²) in [6.07, 6.45) is 0. The zero-order valence-electron chi connectivity index (χ0n) is 10.8. The summed E-state index contributed by atoms with van der Waals surface area (Å²) in [5.41, 5.74) is 6.78. The highest BCUT2D eigenvalue weighted by molar-refractivity contribution is 6.04. The fraction of sp³-hybridized carbons (Fsp3) is 0.0667. The molecule has 0 aliphatic carbocycles. The minimum absolute atomic E-state index is 0.347. The number of hydrogen-bond acceptors (Lipinski definition) is 2. The average molecular weight is 272 g/mol. The molecule has 4 nitrogen and oxygen atoms in total. The van der Waals surface area contributed by atoms with Gasteiger partial charge in [0, 0.05) is 16.8 Å². The van der Waals surface area contributed by atoms with Crippen LogP contribution in [0, 0.1) is 12.7 Å². The summed E-state index contributed by atoms with van der Waals surface area (Å²) in [7, 11) is 0. The third-order valence-corrected chi connectivity index (χ3v) is 2.85. The van der Waals surface area contributed by atoms with Gasteiger partial charge in [-0.25, -0.2) is 4.39 Å². The molecule has 2 amide bonds. The summed E-state index contributed by atoms with van der Waals surface area (Å²) in [5.74, 6) is -1.23. The van der Waals surface area contributed by atoms with E-state index in [4.69, 9.17) is 5.73 Å². The number of carbonyl (C=O) groups is 2. The maximum Gasteiger partial charge on any atom is 0.255 e. The van der Waals surface area contributed by atoms with E-state index in [1.165, 1.54) is 30.3 Å². The van der Waals surface area contributed by atoms with Gasteiger partial charge in [0.2, 0.25) is 5.91 Å². The number of carbonyl (C=O) groups excluding carboxylic acids is 2. The maximum absolute atomic E-state index is 13.1. The zero-order valence-corrected chi connectivity index (χ0v) is 10.8. The fourth-order valence-electron chi connectivity index (χ4n) is 1.71. The van der Waals surface area contributed by atoms with Gasteiger partial charge in [0.05, 0.1) is 0 Å². The molecule has 0 saturated carbocycles. The van der Waals surface area contributed by atoms with E-state index in [0.717, 1.165) is 0 Å². The van der Waals surface area contributed by atoms with Crippen LogP contribution in [-0.4, -0.2) is 11.8 Å². The van der Waals surface area contributed by atoms with Crippen molar-refractivity contribution in [3.8, 4) is 0 Å². The SMILES string of the molecule is Cc1cc(C(=O)Nc2ccc(C(N)=O)cc2)ccc1F. The van der Waals surface area contributed by atoms with Crippen molar-refractivity contribution in [1.82, 2.24) is 0 Å². The van der Waals surface area contributed by atoms with Crippen molar-refractivity contribution in [1.29, 1.82) is 0 Å². The summed E-state index contributed by atoms with van der Waals surface area (Å²) in [6.45, 7) is 1.59. The van der Waals surface area contributed by atoms with E-state index >= 15 is 0 Å². The number of rotatable bonds is 3. The van der Waals surface area contributed by atoms with E-state index in [9.17, 15) is 14.0 Å². The highest BCUT2D eigenvalue weighted by atomic mass is 19.1. The molecule has 0 fully saturated rings. The Kier molecular flexibility index (Phi) is 3.79. The van der Waals surface area contributed by atoms with Gasteiger partial charge in [-0.15, -0.1) is 0 Å². The predicted octanol–water partition coefficient (Wildman–Crippen LogP) is 2.49. The molecule has 2 aromatic carbocycles. The average Bonchev–Trinajstić information content (AvgIpc) is 2.42. The first-order chi connectivity index (χ1) is 9.47. The lowest BCUT2D eigenvalue weighted by Crippen LogP contribution is -2.13. The topological polar surface area (TPSA) is 72.2 Å². The van der Waals surface area contributed by atoms with Crippen LogP contribution in [0.5, 0.6) is 0 Å². The van der Waals surface area contributed by atoms with E-state index in [1.807, 2.05) is 0 Å². The first-order valence-electron chi connectivity index (χ1n) is 5.95. The summed E-state index contributed by atoms with van der Waals surface area (Å²) in [6, 6.07) is 10.3. The molecule has 0 bridgehead atoms. The second-order valence-electron chi connectivity index (χ2n) is 4.36. The molecule has 3 N–H and O–H groups in total. The molecule has 20 heavy (non-hydrogen) atoms. The maximum atomic E-state index is 13.1.